The predicted octanol–water partition coefficient (Wildman–Crippen LogP) is 4.78. The van der Waals surface area contributed by atoms with E-state index in [1.807, 2.05) is 6.07 Å². The molecule has 0 bridgehead atoms. The molecule has 0 atom stereocenters. The lowest BCUT2D eigenvalue weighted by atomic mass is 9.87. The van der Waals surface area contributed by atoms with Crippen LogP contribution in [-0.2, 0) is 5.41 Å². The second kappa shape index (κ2) is 5.22. The number of ether oxygens (including phenoxy) is 1. The standard InChI is InChI=1S/C14H21BrO/c1-10(2)9-16-11-6-7-12(13(15)8-11)14(3,4)5/h6-8,10H,9H2,1-5H3. The monoisotopic (exact) mass is 284 g/mol. The van der Waals surface area contributed by atoms with Crippen LogP contribution in [0.2, 0.25) is 0 Å². The molecule has 0 saturated carbocycles. The zero-order chi connectivity index (χ0) is 12.3. The summed E-state index contributed by atoms with van der Waals surface area (Å²) in [5, 5.41) is 0. The fourth-order valence-electron chi connectivity index (χ4n) is 1.46. The fourth-order valence-corrected chi connectivity index (χ4v) is 2.41. The second-order valence-electron chi connectivity index (χ2n) is 5.60. The Hall–Kier alpha value is -0.500. The molecule has 16 heavy (non-hydrogen) atoms. The minimum absolute atomic E-state index is 0.162. The van der Waals surface area contributed by atoms with Crippen LogP contribution < -0.4 is 4.74 Å². The van der Waals surface area contributed by atoms with Crippen LogP contribution in [0, 0.1) is 5.92 Å². The summed E-state index contributed by atoms with van der Waals surface area (Å²) < 4.78 is 6.81. The summed E-state index contributed by atoms with van der Waals surface area (Å²) in [7, 11) is 0. The molecule has 1 nitrogen and oxygen atoms in total. The molecule has 0 aliphatic rings. The molecule has 0 aliphatic carbocycles. The Morgan fingerprint density at radius 1 is 1.25 bits per heavy atom. The molecule has 0 N–H and O–H groups in total. The number of benzene rings is 1. The molecule has 2 heteroatoms. The van der Waals surface area contributed by atoms with Crippen molar-refractivity contribution in [3.05, 3.63) is 28.2 Å². The first kappa shape index (κ1) is 13.6. The zero-order valence-electron chi connectivity index (χ0n) is 10.8. The van der Waals surface area contributed by atoms with Crippen molar-refractivity contribution in [3.8, 4) is 5.75 Å². The smallest absolute Gasteiger partial charge is 0.120 e. The van der Waals surface area contributed by atoms with E-state index in [4.69, 9.17) is 4.74 Å². The highest BCUT2D eigenvalue weighted by Gasteiger charge is 2.17. The molecule has 0 aromatic heterocycles. The lowest BCUT2D eigenvalue weighted by Crippen LogP contribution is -2.12. The van der Waals surface area contributed by atoms with Gasteiger partial charge in [-0.3, -0.25) is 0 Å². The van der Waals surface area contributed by atoms with Gasteiger partial charge in [0.2, 0.25) is 0 Å². The molecular formula is C14H21BrO. The van der Waals surface area contributed by atoms with Crippen LogP contribution in [0.15, 0.2) is 22.7 Å². The molecule has 90 valence electrons. The third-order valence-electron chi connectivity index (χ3n) is 2.33. The first-order chi connectivity index (χ1) is 7.30. The fraction of sp³-hybridized carbons (Fsp3) is 0.571. The average molecular weight is 285 g/mol. The van der Waals surface area contributed by atoms with Crippen LogP contribution in [0.1, 0.15) is 40.2 Å². The summed E-state index contributed by atoms with van der Waals surface area (Å²) in [6, 6.07) is 6.25. The Bertz CT molecular complexity index is 350. The summed E-state index contributed by atoms with van der Waals surface area (Å²) in [6.07, 6.45) is 0. The van der Waals surface area contributed by atoms with E-state index in [0.29, 0.717) is 5.92 Å². The van der Waals surface area contributed by atoms with E-state index in [2.05, 4.69) is 62.7 Å². The van der Waals surface area contributed by atoms with Gasteiger partial charge in [0.15, 0.2) is 0 Å². The summed E-state index contributed by atoms with van der Waals surface area (Å²) in [5.74, 6) is 1.50. The minimum Gasteiger partial charge on any atom is -0.493 e. The number of rotatable bonds is 3. The van der Waals surface area contributed by atoms with Gasteiger partial charge in [-0.15, -0.1) is 0 Å². The number of hydrogen-bond donors (Lipinski definition) is 0. The highest BCUT2D eigenvalue weighted by molar-refractivity contribution is 9.10. The number of hydrogen-bond acceptors (Lipinski definition) is 1. The SMILES string of the molecule is CC(C)COc1ccc(C(C)(C)C)c(Br)c1. The Balaban J connectivity index is 2.83. The van der Waals surface area contributed by atoms with Gasteiger partial charge in [-0.1, -0.05) is 56.6 Å². The molecule has 0 unspecified atom stereocenters. The van der Waals surface area contributed by atoms with E-state index in [-0.39, 0.29) is 5.41 Å². The third kappa shape index (κ3) is 3.82. The van der Waals surface area contributed by atoms with Gasteiger partial charge in [-0.2, -0.15) is 0 Å². The van der Waals surface area contributed by atoms with Crippen LogP contribution in [-0.4, -0.2) is 6.61 Å². The van der Waals surface area contributed by atoms with Crippen molar-refractivity contribution in [1.29, 1.82) is 0 Å². The van der Waals surface area contributed by atoms with Gasteiger partial charge >= 0.3 is 0 Å². The van der Waals surface area contributed by atoms with Gasteiger partial charge in [0, 0.05) is 4.47 Å². The van der Waals surface area contributed by atoms with Crippen molar-refractivity contribution in [2.75, 3.05) is 6.61 Å². The van der Waals surface area contributed by atoms with Crippen LogP contribution in [0.25, 0.3) is 0 Å². The molecule has 0 fully saturated rings. The molecule has 0 saturated heterocycles. The van der Waals surface area contributed by atoms with E-state index in [9.17, 15) is 0 Å². The molecule has 1 rings (SSSR count). The van der Waals surface area contributed by atoms with E-state index in [0.717, 1.165) is 16.8 Å². The first-order valence-electron chi connectivity index (χ1n) is 5.73. The van der Waals surface area contributed by atoms with E-state index < -0.39 is 0 Å². The molecule has 0 radical (unpaired) electrons. The van der Waals surface area contributed by atoms with Crippen molar-refractivity contribution in [2.24, 2.45) is 5.92 Å². The summed E-state index contributed by atoms with van der Waals surface area (Å²) in [4.78, 5) is 0. The van der Waals surface area contributed by atoms with Gasteiger partial charge < -0.3 is 4.74 Å². The quantitative estimate of drug-likeness (QED) is 0.776. The van der Waals surface area contributed by atoms with Crippen molar-refractivity contribution < 1.29 is 4.74 Å². The number of halogens is 1. The van der Waals surface area contributed by atoms with Gasteiger partial charge in [-0.05, 0) is 29.0 Å². The normalized spacial score (nSPS) is 11.9. The van der Waals surface area contributed by atoms with Crippen LogP contribution >= 0.6 is 15.9 Å². The Morgan fingerprint density at radius 2 is 1.88 bits per heavy atom. The van der Waals surface area contributed by atoms with Crippen molar-refractivity contribution >= 4 is 15.9 Å². The molecular weight excluding hydrogens is 264 g/mol. The lowest BCUT2D eigenvalue weighted by Gasteiger charge is -2.21. The summed E-state index contributed by atoms with van der Waals surface area (Å²) in [5.41, 5.74) is 1.47. The minimum atomic E-state index is 0.162. The van der Waals surface area contributed by atoms with Crippen LogP contribution in [0.5, 0.6) is 5.75 Å². The maximum Gasteiger partial charge on any atom is 0.120 e. The maximum atomic E-state index is 5.69. The first-order valence-corrected chi connectivity index (χ1v) is 6.53. The summed E-state index contributed by atoms with van der Waals surface area (Å²) in [6.45, 7) is 11.7. The van der Waals surface area contributed by atoms with Crippen molar-refractivity contribution in [2.45, 2.75) is 40.0 Å². The third-order valence-corrected chi connectivity index (χ3v) is 2.99. The highest BCUT2D eigenvalue weighted by atomic mass is 79.9. The largest absolute Gasteiger partial charge is 0.493 e. The molecule has 0 aliphatic heterocycles. The van der Waals surface area contributed by atoms with Crippen LogP contribution in [0.4, 0.5) is 0 Å². The maximum absolute atomic E-state index is 5.69. The van der Waals surface area contributed by atoms with Crippen molar-refractivity contribution in [3.63, 3.8) is 0 Å². The van der Waals surface area contributed by atoms with E-state index in [1.165, 1.54) is 5.56 Å². The van der Waals surface area contributed by atoms with Gasteiger partial charge in [0.05, 0.1) is 6.61 Å². The Kier molecular flexibility index (Phi) is 4.43. The predicted molar refractivity (Wildman–Crippen MR) is 73.2 cm³/mol. The molecule has 0 spiro atoms. The van der Waals surface area contributed by atoms with Crippen molar-refractivity contribution in [1.82, 2.24) is 0 Å². The average Bonchev–Trinajstić information content (AvgIpc) is 2.12. The Morgan fingerprint density at radius 3 is 2.31 bits per heavy atom. The molecule has 1 aromatic rings. The topological polar surface area (TPSA) is 9.23 Å². The van der Waals surface area contributed by atoms with E-state index in [1.54, 1.807) is 0 Å². The van der Waals surface area contributed by atoms with E-state index >= 15 is 0 Å². The summed E-state index contributed by atoms with van der Waals surface area (Å²) >= 11 is 3.61. The molecule has 1 aromatic carbocycles. The Labute approximate surface area is 107 Å². The zero-order valence-corrected chi connectivity index (χ0v) is 12.4. The second-order valence-corrected chi connectivity index (χ2v) is 6.45. The molecule has 0 heterocycles. The van der Waals surface area contributed by atoms with Gasteiger partial charge in [0.1, 0.15) is 5.75 Å². The van der Waals surface area contributed by atoms with Gasteiger partial charge in [0.25, 0.3) is 0 Å². The highest BCUT2D eigenvalue weighted by Crippen LogP contribution is 2.32. The lowest BCUT2D eigenvalue weighted by molar-refractivity contribution is 0.270. The van der Waals surface area contributed by atoms with Crippen LogP contribution in [0.3, 0.4) is 0 Å². The molecule has 0 amide bonds. The van der Waals surface area contributed by atoms with Gasteiger partial charge in [-0.25, -0.2) is 0 Å².